The van der Waals surface area contributed by atoms with Crippen LogP contribution in [0.2, 0.25) is 0 Å². The molecule has 0 heterocycles. The molecule has 0 bridgehead atoms. The Hall–Kier alpha value is -1.70. The van der Waals surface area contributed by atoms with Crippen molar-refractivity contribution >= 4 is 0 Å². The Kier molecular flexibility index (Phi) is 8.88. The summed E-state index contributed by atoms with van der Waals surface area (Å²) in [6.45, 7) is 2.62. The molecule has 1 N–H and O–H groups in total. The van der Waals surface area contributed by atoms with Crippen molar-refractivity contribution in [2.75, 3.05) is 6.61 Å². The van der Waals surface area contributed by atoms with E-state index in [-0.39, 0.29) is 63.0 Å². The van der Waals surface area contributed by atoms with E-state index in [1.165, 1.54) is 55.6 Å². The van der Waals surface area contributed by atoms with Crippen LogP contribution in [0.5, 0.6) is 0 Å². The first-order chi connectivity index (χ1) is 15.7. The predicted octanol–water partition coefficient (Wildman–Crippen LogP) is 0.913. The SMILES string of the molecule is CC(CCCO)(c1cccc2c1Cc1ccccc1-2)c1cccc2c1Cc1ccccc1-2.[Cl-].[Cl-].[Zr+2]. The van der Waals surface area contributed by atoms with Crippen molar-refractivity contribution in [1.82, 2.24) is 0 Å². The zero-order chi connectivity index (χ0) is 21.7. The van der Waals surface area contributed by atoms with Gasteiger partial charge in [0.15, 0.2) is 0 Å². The van der Waals surface area contributed by atoms with Crippen LogP contribution in [0.15, 0.2) is 84.9 Å². The summed E-state index contributed by atoms with van der Waals surface area (Å²) in [6.07, 6.45) is 3.71. The van der Waals surface area contributed by atoms with Crippen LogP contribution < -0.4 is 24.8 Å². The quantitative estimate of drug-likeness (QED) is 0.323. The average Bonchev–Trinajstić information content (AvgIpc) is 3.40. The van der Waals surface area contributed by atoms with Crippen molar-refractivity contribution in [3.8, 4) is 22.3 Å². The molecule has 2 aliphatic carbocycles. The average molecular weight is 579 g/mol. The molecule has 4 heteroatoms. The number of aliphatic hydroxyl groups is 1. The molecule has 6 rings (SSSR count). The molecule has 4 aromatic carbocycles. The van der Waals surface area contributed by atoms with Crippen molar-refractivity contribution in [2.45, 2.75) is 38.0 Å². The minimum Gasteiger partial charge on any atom is -1.00 e. The van der Waals surface area contributed by atoms with Crippen LogP contribution in [-0.4, -0.2) is 11.7 Å². The van der Waals surface area contributed by atoms with Crippen LogP contribution >= 0.6 is 0 Å². The van der Waals surface area contributed by atoms with Gasteiger partial charge in [0.05, 0.1) is 0 Å². The van der Waals surface area contributed by atoms with Crippen LogP contribution in [0.4, 0.5) is 0 Å². The predicted molar refractivity (Wildman–Crippen MR) is 132 cm³/mol. The van der Waals surface area contributed by atoms with E-state index < -0.39 is 0 Å². The minimum atomic E-state index is -0.149. The molecule has 176 valence electrons. The second-order valence-corrected chi connectivity index (χ2v) is 9.49. The Morgan fingerprint density at radius 3 is 1.51 bits per heavy atom. The third kappa shape index (κ3) is 4.49. The Balaban J connectivity index is 0.00000114. The van der Waals surface area contributed by atoms with Crippen molar-refractivity contribution < 1.29 is 56.1 Å². The van der Waals surface area contributed by atoms with Gasteiger partial charge in [0.25, 0.3) is 0 Å². The maximum Gasteiger partial charge on any atom is 2.00 e. The maximum atomic E-state index is 9.79. The van der Waals surface area contributed by atoms with Crippen molar-refractivity contribution in [3.05, 3.63) is 118 Å². The first-order valence-electron chi connectivity index (χ1n) is 11.7. The van der Waals surface area contributed by atoms with Crippen LogP contribution in [-0.2, 0) is 44.5 Å². The number of halogens is 2. The van der Waals surface area contributed by atoms with E-state index in [4.69, 9.17) is 0 Å². The molecular formula is C31H28Cl2OZr. The molecule has 0 aromatic heterocycles. The Bertz CT molecular complexity index is 1250. The smallest absolute Gasteiger partial charge is 1.00 e. The Morgan fingerprint density at radius 1 is 0.629 bits per heavy atom. The summed E-state index contributed by atoms with van der Waals surface area (Å²) < 4.78 is 0. The van der Waals surface area contributed by atoms with Gasteiger partial charge in [-0.1, -0.05) is 91.9 Å². The normalized spacial score (nSPS) is 12.3. The molecule has 4 aromatic rings. The van der Waals surface area contributed by atoms with Crippen LogP contribution in [0.1, 0.15) is 53.1 Å². The van der Waals surface area contributed by atoms with Crippen molar-refractivity contribution in [3.63, 3.8) is 0 Å². The third-order valence-corrected chi connectivity index (χ3v) is 7.73. The Labute approximate surface area is 239 Å². The summed E-state index contributed by atoms with van der Waals surface area (Å²) in [7, 11) is 0. The van der Waals surface area contributed by atoms with Gasteiger partial charge in [0.1, 0.15) is 0 Å². The molecule has 0 unspecified atom stereocenters. The van der Waals surface area contributed by atoms with E-state index in [2.05, 4.69) is 91.9 Å². The van der Waals surface area contributed by atoms with Gasteiger partial charge in [0, 0.05) is 12.0 Å². The molecule has 0 saturated carbocycles. The molecule has 0 saturated heterocycles. The first-order valence-corrected chi connectivity index (χ1v) is 11.7. The van der Waals surface area contributed by atoms with Gasteiger partial charge < -0.3 is 29.9 Å². The van der Waals surface area contributed by atoms with Crippen LogP contribution in [0.3, 0.4) is 0 Å². The number of benzene rings is 4. The molecule has 35 heavy (non-hydrogen) atoms. The number of rotatable bonds is 5. The topological polar surface area (TPSA) is 20.2 Å². The van der Waals surface area contributed by atoms with E-state index in [1.807, 2.05) is 0 Å². The summed E-state index contributed by atoms with van der Waals surface area (Å²) in [5.41, 5.74) is 14.0. The monoisotopic (exact) mass is 576 g/mol. The van der Waals surface area contributed by atoms with Gasteiger partial charge in [-0.05, 0) is 81.3 Å². The molecule has 0 amide bonds. The molecule has 0 atom stereocenters. The fraction of sp³-hybridized carbons (Fsp3) is 0.226. The van der Waals surface area contributed by atoms with Gasteiger partial charge in [-0.2, -0.15) is 0 Å². The van der Waals surface area contributed by atoms with Gasteiger partial charge in [-0.3, -0.25) is 0 Å². The molecule has 0 fully saturated rings. The number of hydrogen-bond acceptors (Lipinski definition) is 1. The van der Waals surface area contributed by atoms with E-state index >= 15 is 0 Å². The fourth-order valence-corrected chi connectivity index (χ4v) is 6.20. The minimum absolute atomic E-state index is 0. The summed E-state index contributed by atoms with van der Waals surface area (Å²) in [5, 5.41) is 9.79. The Morgan fingerprint density at radius 2 is 1.06 bits per heavy atom. The van der Waals surface area contributed by atoms with Gasteiger partial charge in [-0.25, -0.2) is 0 Å². The van der Waals surface area contributed by atoms with E-state index in [9.17, 15) is 5.11 Å². The van der Waals surface area contributed by atoms with Crippen molar-refractivity contribution in [2.24, 2.45) is 0 Å². The molecule has 2 aliphatic rings. The largest absolute Gasteiger partial charge is 2.00 e. The molecule has 0 spiro atoms. The van der Waals surface area contributed by atoms with Crippen molar-refractivity contribution in [1.29, 1.82) is 0 Å². The van der Waals surface area contributed by atoms with Crippen LogP contribution in [0.25, 0.3) is 22.3 Å². The summed E-state index contributed by atoms with van der Waals surface area (Å²) in [4.78, 5) is 0. The summed E-state index contributed by atoms with van der Waals surface area (Å²) in [5.74, 6) is 0. The number of hydrogen-bond donors (Lipinski definition) is 1. The van der Waals surface area contributed by atoms with Gasteiger partial charge >= 0.3 is 26.2 Å². The van der Waals surface area contributed by atoms with Gasteiger partial charge in [0.2, 0.25) is 0 Å². The van der Waals surface area contributed by atoms with E-state index in [0.717, 1.165) is 25.7 Å². The molecule has 0 radical (unpaired) electrons. The second kappa shape index (κ2) is 11.1. The molecular weight excluding hydrogens is 550 g/mol. The first kappa shape index (κ1) is 27.9. The number of fused-ring (bicyclic) bond motifs is 6. The number of aliphatic hydroxyl groups excluding tert-OH is 1. The van der Waals surface area contributed by atoms with E-state index in [1.54, 1.807) is 0 Å². The van der Waals surface area contributed by atoms with E-state index in [0.29, 0.717) is 0 Å². The standard InChI is InChI=1S/C31H28O.2ClH.Zr/c1-31(17-8-18-32,29-15-6-13-25-23-11-4-2-9-21(23)19-27(25)29)30-16-7-14-26-24-12-5-3-10-22(24)20-28(26)30;;;/h2-7,9-16,32H,8,17-20H2,1H3;2*1H;/q;;;+2/p-2. The molecule has 0 aliphatic heterocycles. The van der Waals surface area contributed by atoms with Gasteiger partial charge in [-0.15, -0.1) is 0 Å². The third-order valence-electron chi connectivity index (χ3n) is 7.73. The zero-order valence-electron chi connectivity index (χ0n) is 19.8. The summed E-state index contributed by atoms with van der Waals surface area (Å²) in [6, 6.07) is 31.3. The second-order valence-electron chi connectivity index (χ2n) is 9.49. The maximum absolute atomic E-state index is 9.79. The summed E-state index contributed by atoms with van der Waals surface area (Å²) >= 11 is 0. The fourth-order valence-electron chi connectivity index (χ4n) is 6.20. The van der Waals surface area contributed by atoms with Crippen LogP contribution in [0, 0.1) is 0 Å². The zero-order valence-corrected chi connectivity index (χ0v) is 23.8. The molecule has 1 nitrogen and oxygen atoms in total.